The maximum Gasteiger partial charge on any atom is 0.187 e. The summed E-state index contributed by atoms with van der Waals surface area (Å²) < 4.78 is 0. The first kappa shape index (κ1) is 11.2. The summed E-state index contributed by atoms with van der Waals surface area (Å²) in [4.78, 5) is 9.95. The average molecular weight is 256 g/mol. The van der Waals surface area contributed by atoms with Gasteiger partial charge in [-0.05, 0) is 37.8 Å². The molecule has 0 aromatic carbocycles. The molecule has 1 aliphatic rings. The first-order chi connectivity index (χ1) is 8.85. The topological polar surface area (TPSA) is 61.6 Å². The van der Waals surface area contributed by atoms with Crippen LogP contribution in [0.2, 0.25) is 0 Å². The number of rotatable bonds is 2. The molecule has 0 unspecified atom stereocenters. The molecule has 0 saturated carbocycles. The maximum absolute atomic E-state index is 8.81. The van der Waals surface area contributed by atoms with Crippen molar-refractivity contribution in [1.29, 1.82) is 5.26 Å². The predicted molar refractivity (Wildman–Crippen MR) is 71.0 cm³/mol. The minimum absolute atomic E-state index is 0.418. The highest BCUT2D eigenvalue weighted by molar-refractivity contribution is 7.15. The van der Waals surface area contributed by atoms with Crippen molar-refractivity contribution in [1.82, 2.24) is 9.97 Å². The number of hydrogen-bond donors (Lipinski definition) is 1. The molecule has 0 saturated heterocycles. The molecule has 0 aliphatic heterocycles. The van der Waals surface area contributed by atoms with Crippen molar-refractivity contribution >= 4 is 22.2 Å². The highest BCUT2D eigenvalue weighted by Crippen LogP contribution is 2.31. The van der Waals surface area contributed by atoms with Gasteiger partial charge in [0.15, 0.2) is 5.13 Å². The zero-order valence-corrected chi connectivity index (χ0v) is 10.6. The third kappa shape index (κ3) is 2.20. The van der Waals surface area contributed by atoms with Crippen molar-refractivity contribution < 1.29 is 0 Å². The third-order valence-electron chi connectivity index (χ3n) is 2.97. The minimum atomic E-state index is 0.418. The summed E-state index contributed by atoms with van der Waals surface area (Å²) in [5.41, 5.74) is 2.53. The number of aryl methyl sites for hydroxylation is 2. The Hall–Kier alpha value is -1.93. The third-order valence-corrected chi connectivity index (χ3v) is 4.04. The van der Waals surface area contributed by atoms with E-state index in [0.717, 1.165) is 23.7 Å². The zero-order chi connectivity index (χ0) is 12.4. The van der Waals surface area contributed by atoms with Gasteiger partial charge in [-0.15, -0.1) is 11.3 Å². The van der Waals surface area contributed by atoms with Gasteiger partial charge in [-0.1, -0.05) is 0 Å². The lowest BCUT2D eigenvalue weighted by molar-refractivity contribution is 0.683. The second kappa shape index (κ2) is 4.75. The van der Waals surface area contributed by atoms with Gasteiger partial charge in [-0.2, -0.15) is 5.26 Å². The molecule has 0 bridgehead atoms. The molecule has 0 spiro atoms. The number of hydrogen-bond acceptors (Lipinski definition) is 5. The fraction of sp³-hybridized carbons (Fsp3) is 0.308. The largest absolute Gasteiger partial charge is 0.331 e. The Balaban J connectivity index is 1.83. The molecule has 18 heavy (non-hydrogen) atoms. The van der Waals surface area contributed by atoms with E-state index in [1.54, 1.807) is 23.6 Å². The molecule has 5 heteroatoms. The molecule has 0 atom stereocenters. The van der Waals surface area contributed by atoms with Crippen molar-refractivity contribution in [3.63, 3.8) is 0 Å². The van der Waals surface area contributed by atoms with Crippen LogP contribution in [0.3, 0.4) is 0 Å². The van der Waals surface area contributed by atoms with Gasteiger partial charge in [-0.3, -0.25) is 0 Å². The van der Waals surface area contributed by atoms with Crippen LogP contribution < -0.4 is 5.32 Å². The molecule has 2 aromatic rings. The van der Waals surface area contributed by atoms with Crippen LogP contribution in [0.25, 0.3) is 0 Å². The van der Waals surface area contributed by atoms with E-state index in [0.29, 0.717) is 5.69 Å². The summed E-state index contributed by atoms with van der Waals surface area (Å²) in [6.45, 7) is 0. The van der Waals surface area contributed by atoms with Gasteiger partial charge in [0.2, 0.25) is 0 Å². The first-order valence-electron chi connectivity index (χ1n) is 5.97. The molecule has 1 N–H and O–H groups in total. The predicted octanol–water partition coefficient (Wildman–Crippen LogP) is 3.03. The minimum Gasteiger partial charge on any atom is -0.331 e. The van der Waals surface area contributed by atoms with Gasteiger partial charge in [-0.25, -0.2) is 9.97 Å². The molecular weight excluding hydrogens is 244 g/mol. The first-order valence-corrected chi connectivity index (χ1v) is 6.78. The summed E-state index contributed by atoms with van der Waals surface area (Å²) in [7, 11) is 0. The van der Waals surface area contributed by atoms with Crippen molar-refractivity contribution in [2.24, 2.45) is 0 Å². The van der Waals surface area contributed by atoms with Crippen molar-refractivity contribution in [2.75, 3.05) is 5.32 Å². The Morgan fingerprint density at radius 1 is 1.33 bits per heavy atom. The van der Waals surface area contributed by atoms with E-state index in [-0.39, 0.29) is 0 Å². The van der Waals surface area contributed by atoms with Gasteiger partial charge in [0, 0.05) is 16.8 Å². The average Bonchev–Trinajstić information content (AvgIpc) is 2.81. The second-order valence-electron chi connectivity index (χ2n) is 4.26. The fourth-order valence-corrected chi connectivity index (χ4v) is 3.17. The van der Waals surface area contributed by atoms with Gasteiger partial charge < -0.3 is 5.32 Å². The monoisotopic (exact) mass is 256 g/mol. The molecule has 90 valence electrons. The Bertz CT molecular complexity index is 588. The van der Waals surface area contributed by atoms with E-state index < -0.39 is 0 Å². The Labute approximate surface area is 109 Å². The highest BCUT2D eigenvalue weighted by Gasteiger charge is 2.15. The molecule has 1 aliphatic carbocycles. The lowest BCUT2D eigenvalue weighted by atomic mass is 10.0. The van der Waals surface area contributed by atoms with Gasteiger partial charge >= 0.3 is 0 Å². The smallest absolute Gasteiger partial charge is 0.187 e. The van der Waals surface area contributed by atoms with Crippen LogP contribution in [-0.4, -0.2) is 9.97 Å². The number of pyridine rings is 1. The van der Waals surface area contributed by atoms with Crippen LogP contribution in [0.4, 0.5) is 10.8 Å². The molecule has 0 radical (unpaired) electrons. The van der Waals surface area contributed by atoms with Crippen molar-refractivity contribution in [3.05, 3.63) is 34.6 Å². The molecule has 0 fully saturated rings. The number of aromatic nitrogens is 2. The van der Waals surface area contributed by atoms with E-state index in [1.807, 2.05) is 12.1 Å². The summed E-state index contributed by atoms with van der Waals surface area (Å²) in [5.74, 6) is 0. The molecule has 0 amide bonds. The van der Waals surface area contributed by atoms with Gasteiger partial charge in [0.1, 0.15) is 11.8 Å². The van der Waals surface area contributed by atoms with Gasteiger partial charge in [0.05, 0.1) is 5.69 Å². The van der Waals surface area contributed by atoms with Crippen LogP contribution in [0, 0.1) is 11.3 Å². The van der Waals surface area contributed by atoms with Crippen LogP contribution >= 0.6 is 11.3 Å². The van der Waals surface area contributed by atoms with E-state index in [2.05, 4.69) is 15.3 Å². The SMILES string of the molecule is N#Cc1cc(Nc2nc3c(s2)CCCC3)ccn1. The summed E-state index contributed by atoms with van der Waals surface area (Å²) in [6.07, 6.45) is 6.38. The zero-order valence-electron chi connectivity index (χ0n) is 9.81. The van der Waals surface area contributed by atoms with Crippen LogP contribution in [-0.2, 0) is 12.8 Å². The molecule has 3 rings (SSSR count). The number of fused-ring (bicyclic) bond motifs is 1. The van der Waals surface area contributed by atoms with Crippen LogP contribution in [0.5, 0.6) is 0 Å². The Morgan fingerprint density at radius 2 is 2.22 bits per heavy atom. The number of anilines is 2. The number of nitriles is 1. The number of nitrogens with one attached hydrogen (secondary N) is 1. The molecule has 2 heterocycles. The summed E-state index contributed by atoms with van der Waals surface area (Å²) in [6, 6.07) is 5.62. The summed E-state index contributed by atoms with van der Waals surface area (Å²) in [5, 5.41) is 13.0. The Morgan fingerprint density at radius 3 is 3.06 bits per heavy atom. The lowest BCUT2D eigenvalue weighted by Crippen LogP contribution is -1.99. The molecule has 2 aromatic heterocycles. The molecular formula is C13H12N4S. The standard InChI is InChI=1S/C13H12N4S/c14-8-10-7-9(5-6-15-10)16-13-17-11-3-1-2-4-12(11)18-13/h5-7H,1-4H2,(H,15,16,17). The normalized spacial score (nSPS) is 13.7. The van der Waals surface area contributed by atoms with Crippen molar-refractivity contribution in [3.8, 4) is 6.07 Å². The van der Waals surface area contributed by atoms with E-state index >= 15 is 0 Å². The van der Waals surface area contributed by atoms with E-state index in [9.17, 15) is 0 Å². The van der Waals surface area contributed by atoms with Crippen LogP contribution in [0.1, 0.15) is 29.1 Å². The van der Waals surface area contributed by atoms with Crippen molar-refractivity contribution in [2.45, 2.75) is 25.7 Å². The lowest BCUT2D eigenvalue weighted by Gasteiger charge is -2.06. The van der Waals surface area contributed by atoms with Crippen LogP contribution in [0.15, 0.2) is 18.3 Å². The number of nitrogens with zero attached hydrogens (tertiary/aromatic N) is 3. The molecule has 4 nitrogen and oxygen atoms in total. The fourth-order valence-electron chi connectivity index (χ4n) is 2.10. The second-order valence-corrected chi connectivity index (χ2v) is 5.35. The van der Waals surface area contributed by atoms with E-state index in [1.165, 1.54) is 23.4 Å². The van der Waals surface area contributed by atoms with Gasteiger partial charge in [0.25, 0.3) is 0 Å². The maximum atomic E-state index is 8.81. The number of thiazole rings is 1. The Kier molecular flexibility index (Phi) is 2.95. The highest BCUT2D eigenvalue weighted by atomic mass is 32.1. The quantitative estimate of drug-likeness (QED) is 0.897. The van der Waals surface area contributed by atoms with E-state index in [4.69, 9.17) is 5.26 Å². The summed E-state index contributed by atoms with van der Waals surface area (Å²) >= 11 is 1.72.